The second-order valence-corrected chi connectivity index (χ2v) is 4.81. The number of rotatable bonds is 3. The van der Waals surface area contributed by atoms with E-state index in [1.807, 2.05) is 13.0 Å². The van der Waals surface area contributed by atoms with Crippen molar-refractivity contribution in [3.63, 3.8) is 0 Å². The lowest BCUT2D eigenvalue weighted by Gasteiger charge is -2.10. The summed E-state index contributed by atoms with van der Waals surface area (Å²) in [5, 5.41) is 3.27. The Labute approximate surface area is 122 Å². The molecule has 0 bridgehead atoms. The zero-order chi connectivity index (χ0) is 14.7. The molecule has 0 atom stereocenters. The molecule has 3 N–H and O–H groups in total. The van der Waals surface area contributed by atoms with E-state index in [-0.39, 0.29) is 5.91 Å². The fourth-order valence-electron chi connectivity index (χ4n) is 1.80. The maximum absolute atomic E-state index is 12.2. The van der Waals surface area contributed by atoms with E-state index < -0.39 is 0 Å². The summed E-state index contributed by atoms with van der Waals surface area (Å²) in [7, 11) is 1.57. The highest BCUT2D eigenvalue weighted by Crippen LogP contribution is 2.24. The first-order chi connectivity index (χ1) is 9.51. The summed E-state index contributed by atoms with van der Waals surface area (Å²) in [6, 6.07) is 10.2. The molecule has 104 valence electrons. The molecular formula is C15H15ClN2O2. The number of ether oxygens (including phenoxy) is 1. The Morgan fingerprint density at radius 1 is 1.25 bits per heavy atom. The molecule has 0 heterocycles. The van der Waals surface area contributed by atoms with Gasteiger partial charge in [-0.1, -0.05) is 17.7 Å². The minimum atomic E-state index is -0.252. The maximum Gasteiger partial charge on any atom is 0.255 e. The van der Waals surface area contributed by atoms with Crippen LogP contribution >= 0.6 is 11.6 Å². The highest BCUT2D eigenvalue weighted by atomic mass is 35.5. The quantitative estimate of drug-likeness (QED) is 0.851. The first-order valence-electron chi connectivity index (χ1n) is 6.02. The van der Waals surface area contributed by atoms with Crippen LogP contribution < -0.4 is 15.8 Å². The number of hydrogen-bond donors (Lipinski definition) is 2. The van der Waals surface area contributed by atoms with Crippen molar-refractivity contribution in [2.75, 3.05) is 18.2 Å². The van der Waals surface area contributed by atoms with Crippen LogP contribution in [-0.2, 0) is 0 Å². The van der Waals surface area contributed by atoms with Gasteiger partial charge in [0.05, 0.1) is 18.5 Å². The number of nitrogens with one attached hydrogen (secondary N) is 1. The molecule has 0 saturated carbocycles. The van der Waals surface area contributed by atoms with E-state index in [0.717, 1.165) is 5.56 Å². The topological polar surface area (TPSA) is 64.3 Å². The van der Waals surface area contributed by atoms with Gasteiger partial charge in [0.1, 0.15) is 5.75 Å². The molecule has 20 heavy (non-hydrogen) atoms. The summed E-state index contributed by atoms with van der Waals surface area (Å²) in [6.45, 7) is 1.91. The molecule has 0 unspecified atom stereocenters. The number of carbonyl (C=O) groups excluding carboxylic acids is 1. The highest BCUT2D eigenvalue weighted by molar-refractivity contribution is 6.31. The van der Waals surface area contributed by atoms with Crippen molar-refractivity contribution in [3.8, 4) is 5.75 Å². The van der Waals surface area contributed by atoms with E-state index in [2.05, 4.69) is 5.32 Å². The van der Waals surface area contributed by atoms with Gasteiger partial charge in [-0.05, 0) is 42.8 Å². The highest BCUT2D eigenvalue weighted by Gasteiger charge is 2.10. The molecule has 0 radical (unpaired) electrons. The number of carbonyl (C=O) groups is 1. The smallest absolute Gasteiger partial charge is 0.255 e. The van der Waals surface area contributed by atoms with Crippen LogP contribution in [0.4, 0.5) is 11.4 Å². The van der Waals surface area contributed by atoms with E-state index >= 15 is 0 Å². The number of nitrogen functional groups attached to an aromatic ring is 1. The number of aryl methyl sites for hydroxylation is 1. The molecule has 4 nitrogen and oxygen atoms in total. The van der Waals surface area contributed by atoms with Gasteiger partial charge in [-0.25, -0.2) is 0 Å². The van der Waals surface area contributed by atoms with Crippen molar-refractivity contribution < 1.29 is 9.53 Å². The first kappa shape index (κ1) is 14.2. The Morgan fingerprint density at radius 3 is 2.65 bits per heavy atom. The van der Waals surface area contributed by atoms with Gasteiger partial charge in [0.25, 0.3) is 5.91 Å². The van der Waals surface area contributed by atoms with Gasteiger partial charge in [0.2, 0.25) is 0 Å². The van der Waals surface area contributed by atoms with Gasteiger partial charge in [-0.15, -0.1) is 0 Å². The Hall–Kier alpha value is -2.20. The minimum absolute atomic E-state index is 0.252. The van der Waals surface area contributed by atoms with Gasteiger partial charge in [-0.2, -0.15) is 0 Å². The number of methoxy groups -OCH3 is 1. The fourth-order valence-corrected chi connectivity index (χ4v) is 1.98. The number of amides is 1. The Bertz CT molecular complexity index is 656. The molecule has 0 aromatic heterocycles. The van der Waals surface area contributed by atoms with Crippen molar-refractivity contribution >= 4 is 28.9 Å². The van der Waals surface area contributed by atoms with Crippen molar-refractivity contribution in [2.45, 2.75) is 6.92 Å². The summed E-state index contributed by atoms with van der Waals surface area (Å²) >= 11 is 5.82. The van der Waals surface area contributed by atoms with Crippen LogP contribution in [0.15, 0.2) is 36.4 Å². The van der Waals surface area contributed by atoms with Crippen molar-refractivity contribution in [1.82, 2.24) is 0 Å². The van der Waals surface area contributed by atoms with E-state index in [1.54, 1.807) is 37.4 Å². The molecule has 0 fully saturated rings. The van der Waals surface area contributed by atoms with Crippen LogP contribution in [0, 0.1) is 6.92 Å². The van der Waals surface area contributed by atoms with Crippen LogP contribution in [0.5, 0.6) is 5.75 Å². The largest absolute Gasteiger partial charge is 0.496 e. The summed E-state index contributed by atoms with van der Waals surface area (Å²) in [5.74, 6) is 0.416. The molecule has 0 aliphatic carbocycles. The number of nitrogens with two attached hydrogens (primary N) is 1. The zero-order valence-corrected chi connectivity index (χ0v) is 12.0. The number of anilines is 2. The number of hydrogen-bond acceptors (Lipinski definition) is 3. The first-order valence-corrected chi connectivity index (χ1v) is 6.40. The third-order valence-electron chi connectivity index (χ3n) is 2.93. The third kappa shape index (κ3) is 3.03. The van der Waals surface area contributed by atoms with Crippen LogP contribution in [0.2, 0.25) is 5.02 Å². The van der Waals surface area contributed by atoms with Gasteiger partial charge < -0.3 is 15.8 Å². The Morgan fingerprint density at radius 2 is 2.00 bits per heavy atom. The van der Waals surface area contributed by atoms with E-state index in [0.29, 0.717) is 27.7 Å². The van der Waals surface area contributed by atoms with Crippen molar-refractivity contribution in [2.24, 2.45) is 0 Å². The minimum Gasteiger partial charge on any atom is -0.496 e. The van der Waals surface area contributed by atoms with Gasteiger partial charge >= 0.3 is 0 Å². The summed E-state index contributed by atoms with van der Waals surface area (Å²) < 4.78 is 5.20. The summed E-state index contributed by atoms with van der Waals surface area (Å²) in [4.78, 5) is 12.2. The fraction of sp³-hybridized carbons (Fsp3) is 0.133. The monoisotopic (exact) mass is 290 g/mol. The lowest BCUT2D eigenvalue weighted by Crippen LogP contribution is -2.13. The lowest BCUT2D eigenvalue weighted by atomic mass is 10.1. The van der Waals surface area contributed by atoms with E-state index in [9.17, 15) is 4.79 Å². The maximum atomic E-state index is 12.2. The Balaban J connectivity index is 2.24. The standard InChI is InChI=1S/C15H15ClN2O2/c1-9-3-4-10(7-14(9)20-2)15(19)18-13-6-5-11(16)8-12(13)17/h3-8H,17H2,1-2H3,(H,18,19). The molecule has 0 aliphatic rings. The lowest BCUT2D eigenvalue weighted by molar-refractivity contribution is 0.102. The van der Waals surface area contributed by atoms with Gasteiger partial charge in [0, 0.05) is 10.6 Å². The molecule has 5 heteroatoms. The molecule has 0 aliphatic heterocycles. The zero-order valence-electron chi connectivity index (χ0n) is 11.2. The van der Waals surface area contributed by atoms with Crippen LogP contribution in [-0.4, -0.2) is 13.0 Å². The van der Waals surface area contributed by atoms with Crippen molar-refractivity contribution in [1.29, 1.82) is 0 Å². The average molecular weight is 291 g/mol. The second kappa shape index (κ2) is 5.84. The van der Waals surface area contributed by atoms with Crippen molar-refractivity contribution in [3.05, 3.63) is 52.5 Å². The van der Waals surface area contributed by atoms with Gasteiger partial charge in [0.15, 0.2) is 0 Å². The third-order valence-corrected chi connectivity index (χ3v) is 3.17. The van der Waals surface area contributed by atoms with Crippen LogP contribution in [0.1, 0.15) is 15.9 Å². The number of benzene rings is 2. The molecule has 0 saturated heterocycles. The molecule has 2 aromatic rings. The molecule has 0 spiro atoms. The Kier molecular flexibility index (Phi) is 4.15. The van der Waals surface area contributed by atoms with Crippen LogP contribution in [0.25, 0.3) is 0 Å². The summed E-state index contributed by atoms with van der Waals surface area (Å²) in [5.41, 5.74) is 8.22. The second-order valence-electron chi connectivity index (χ2n) is 4.37. The number of halogens is 1. The molecule has 2 aromatic carbocycles. The molecule has 2 rings (SSSR count). The summed E-state index contributed by atoms with van der Waals surface area (Å²) in [6.07, 6.45) is 0. The molecular weight excluding hydrogens is 276 g/mol. The predicted molar refractivity (Wildman–Crippen MR) is 81.5 cm³/mol. The van der Waals surface area contributed by atoms with E-state index in [1.165, 1.54) is 0 Å². The average Bonchev–Trinajstić information content (AvgIpc) is 2.42. The van der Waals surface area contributed by atoms with E-state index in [4.69, 9.17) is 22.1 Å². The van der Waals surface area contributed by atoms with Gasteiger partial charge in [-0.3, -0.25) is 4.79 Å². The molecule has 1 amide bonds. The van der Waals surface area contributed by atoms with Crippen LogP contribution in [0.3, 0.4) is 0 Å². The normalized spacial score (nSPS) is 10.2. The predicted octanol–water partition coefficient (Wildman–Crippen LogP) is 3.49. The SMILES string of the molecule is COc1cc(C(=O)Nc2ccc(Cl)cc2N)ccc1C.